The molecule has 0 aliphatic heterocycles. The fraction of sp³-hybridized carbons (Fsp3) is 0.375. The Morgan fingerprint density at radius 2 is 2.41 bits per heavy atom. The van der Waals surface area contributed by atoms with Gasteiger partial charge in [-0.15, -0.1) is 5.10 Å². The van der Waals surface area contributed by atoms with Crippen LogP contribution in [0.2, 0.25) is 0 Å². The van der Waals surface area contributed by atoms with Gasteiger partial charge in [-0.05, 0) is 0 Å². The SMILES string of the molecule is Nc1ncn(CC(=O)NCCc2ncon2)n1. The van der Waals surface area contributed by atoms with Crippen molar-refractivity contribution in [3.63, 3.8) is 0 Å². The predicted molar refractivity (Wildman–Crippen MR) is 55.4 cm³/mol. The number of nitrogens with zero attached hydrogens (tertiary/aromatic N) is 5. The van der Waals surface area contributed by atoms with Crippen molar-refractivity contribution < 1.29 is 9.32 Å². The highest BCUT2D eigenvalue weighted by molar-refractivity contribution is 5.75. The van der Waals surface area contributed by atoms with E-state index in [1.165, 1.54) is 17.4 Å². The number of hydrogen-bond donors (Lipinski definition) is 2. The molecule has 3 N–H and O–H groups in total. The van der Waals surface area contributed by atoms with Crippen molar-refractivity contribution >= 4 is 11.9 Å². The van der Waals surface area contributed by atoms with Gasteiger partial charge in [0.2, 0.25) is 18.2 Å². The lowest BCUT2D eigenvalue weighted by Crippen LogP contribution is -2.29. The highest BCUT2D eigenvalue weighted by Gasteiger charge is 2.05. The molecule has 0 saturated carbocycles. The van der Waals surface area contributed by atoms with Crippen LogP contribution >= 0.6 is 0 Å². The average molecular weight is 237 g/mol. The Kier molecular flexibility index (Phi) is 3.28. The molecule has 2 heterocycles. The first-order valence-electron chi connectivity index (χ1n) is 4.91. The molecule has 0 aliphatic rings. The van der Waals surface area contributed by atoms with Crippen LogP contribution < -0.4 is 11.1 Å². The number of hydrogen-bond acceptors (Lipinski definition) is 7. The molecule has 0 radical (unpaired) electrons. The van der Waals surface area contributed by atoms with Gasteiger partial charge in [0, 0.05) is 13.0 Å². The van der Waals surface area contributed by atoms with Gasteiger partial charge in [0.15, 0.2) is 5.82 Å². The third kappa shape index (κ3) is 3.26. The van der Waals surface area contributed by atoms with Crippen LogP contribution in [0.15, 0.2) is 17.2 Å². The number of carbonyl (C=O) groups is 1. The van der Waals surface area contributed by atoms with Crippen molar-refractivity contribution in [1.82, 2.24) is 30.2 Å². The molecule has 90 valence electrons. The van der Waals surface area contributed by atoms with Gasteiger partial charge < -0.3 is 15.6 Å². The van der Waals surface area contributed by atoms with E-state index in [4.69, 9.17) is 5.73 Å². The Bertz CT molecular complexity index is 478. The van der Waals surface area contributed by atoms with Crippen LogP contribution in [0.25, 0.3) is 0 Å². The van der Waals surface area contributed by atoms with E-state index in [0.29, 0.717) is 18.8 Å². The van der Waals surface area contributed by atoms with E-state index in [1.807, 2.05) is 0 Å². The molecular weight excluding hydrogens is 226 g/mol. The summed E-state index contributed by atoms with van der Waals surface area (Å²) in [7, 11) is 0. The minimum atomic E-state index is -0.182. The lowest BCUT2D eigenvalue weighted by atomic mass is 10.4. The molecule has 0 saturated heterocycles. The van der Waals surface area contributed by atoms with Crippen LogP contribution in [0.1, 0.15) is 5.82 Å². The van der Waals surface area contributed by atoms with Crippen LogP contribution in [0.5, 0.6) is 0 Å². The Morgan fingerprint density at radius 3 is 3.06 bits per heavy atom. The number of amides is 1. The van der Waals surface area contributed by atoms with Crippen molar-refractivity contribution in [3.8, 4) is 0 Å². The second-order valence-electron chi connectivity index (χ2n) is 3.25. The van der Waals surface area contributed by atoms with E-state index in [2.05, 4.69) is 30.1 Å². The number of nitrogen functional groups attached to an aromatic ring is 1. The van der Waals surface area contributed by atoms with Gasteiger partial charge in [0.25, 0.3) is 0 Å². The summed E-state index contributed by atoms with van der Waals surface area (Å²) < 4.78 is 5.92. The van der Waals surface area contributed by atoms with Gasteiger partial charge in [-0.25, -0.2) is 9.67 Å². The molecule has 2 aromatic heterocycles. The zero-order valence-corrected chi connectivity index (χ0v) is 8.91. The Labute approximate surface area is 96.0 Å². The average Bonchev–Trinajstić information content (AvgIpc) is 2.90. The molecule has 0 fully saturated rings. The number of rotatable bonds is 5. The highest BCUT2D eigenvalue weighted by atomic mass is 16.5. The zero-order chi connectivity index (χ0) is 12.1. The molecule has 0 unspecified atom stereocenters. The zero-order valence-electron chi connectivity index (χ0n) is 8.91. The van der Waals surface area contributed by atoms with Crippen molar-refractivity contribution in [3.05, 3.63) is 18.5 Å². The quantitative estimate of drug-likeness (QED) is 0.655. The van der Waals surface area contributed by atoms with Crippen LogP contribution in [0.4, 0.5) is 5.95 Å². The van der Waals surface area contributed by atoms with Crippen LogP contribution in [0.3, 0.4) is 0 Å². The number of nitrogens with one attached hydrogen (secondary N) is 1. The van der Waals surface area contributed by atoms with E-state index in [-0.39, 0.29) is 18.4 Å². The number of anilines is 1. The van der Waals surface area contributed by atoms with Gasteiger partial charge in [0.05, 0.1) is 0 Å². The monoisotopic (exact) mass is 237 g/mol. The minimum Gasteiger partial charge on any atom is -0.367 e. The molecule has 0 spiro atoms. The molecule has 2 aromatic rings. The molecule has 0 atom stereocenters. The number of carbonyl (C=O) groups excluding carboxylic acids is 1. The van der Waals surface area contributed by atoms with Crippen LogP contribution in [0, 0.1) is 0 Å². The molecule has 0 aromatic carbocycles. The lowest BCUT2D eigenvalue weighted by Gasteiger charge is -2.02. The summed E-state index contributed by atoms with van der Waals surface area (Å²) in [6.45, 7) is 0.513. The Balaban J connectivity index is 1.71. The summed E-state index contributed by atoms with van der Waals surface area (Å²) in [6.07, 6.45) is 3.16. The molecule has 9 nitrogen and oxygen atoms in total. The van der Waals surface area contributed by atoms with Gasteiger partial charge in [0.1, 0.15) is 12.9 Å². The van der Waals surface area contributed by atoms with Gasteiger partial charge in [-0.2, -0.15) is 4.98 Å². The van der Waals surface area contributed by atoms with Crippen LogP contribution in [-0.4, -0.2) is 37.4 Å². The van der Waals surface area contributed by atoms with E-state index in [9.17, 15) is 4.79 Å². The first-order chi connectivity index (χ1) is 8.24. The minimum absolute atomic E-state index is 0.0798. The smallest absolute Gasteiger partial charge is 0.241 e. The van der Waals surface area contributed by atoms with E-state index < -0.39 is 0 Å². The lowest BCUT2D eigenvalue weighted by molar-refractivity contribution is -0.121. The van der Waals surface area contributed by atoms with Crippen molar-refractivity contribution in [1.29, 1.82) is 0 Å². The molecule has 0 aliphatic carbocycles. The van der Waals surface area contributed by atoms with Crippen molar-refractivity contribution in [2.45, 2.75) is 13.0 Å². The Morgan fingerprint density at radius 1 is 1.53 bits per heavy atom. The van der Waals surface area contributed by atoms with Gasteiger partial charge in [-0.3, -0.25) is 4.79 Å². The fourth-order valence-corrected chi connectivity index (χ4v) is 1.20. The van der Waals surface area contributed by atoms with Crippen molar-refractivity contribution in [2.24, 2.45) is 0 Å². The summed E-state index contributed by atoms with van der Waals surface area (Å²) in [4.78, 5) is 19.0. The van der Waals surface area contributed by atoms with E-state index in [1.54, 1.807) is 0 Å². The third-order valence-corrected chi connectivity index (χ3v) is 1.94. The summed E-state index contributed by atoms with van der Waals surface area (Å²) >= 11 is 0. The summed E-state index contributed by atoms with van der Waals surface area (Å²) in [5, 5.41) is 10.1. The second kappa shape index (κ2) is 5.05. The third-order valence-electron chi connectivity index (χ3n) is 1.94. The molecule has 0 bridgehead atoms. The fourth-order valence-electron chi connectivity index (χ4n) is 1.20. The second-order valence-corrected chi connectivity index (χ2v) is 3.25. The first-order valence-corrected chi connectivity index (χ1v) is 4.91. The molecule has 1 amide bonds. The molecule has 2 rings (SSSR count). The van der Waals surface area contributed by atoms with E-state index in [0.717, 1.165) is 0 Å². The topological polar surface area (TPSA) is 125 Å². The standard InChI is InChI=1S/C8H11N7O2/c9-8-11-4-15(13-8)3-7(16)10-2-1-6-12-5-17-14-6/h4-5H,1-3H2,(H2,9,13)(H,10,16). The summed E-state index contributed by atoms with van der Waals surface area (Å²) in [5.41, 5.74) is 5.32. The maximum atomic E-state index is 11.4. The van der Waals surface area contributed by atoms with E-state index >= 15 is 0 Å². The molecule has 17 heavy (non-hydrogen) atoms. The normalized spacial score (nSPS) is 10.4. The predicted octanol–water partition coefficient (Wildman–Crippen LogP) is -1.40. The molecule has 9 heteroatoms. The highest BCUT2D eigenvalue weighted by Crippen LogP contribution is 1.90. The maximum absolute atomic E-state index is 11.4. The first kappa shape index (κ1) is 11.0. The summed E-state index contributed by atoms with van der Waals surface area (Å²) in [5.74, 6) is 0.512. The largest absolute Gasteiger partial charge is 0.367 e. The van der Waals surface area contributed by atoms with Gasteiger partial charge in [-0.1, -0.05) is 5.16 Å². The van der Waals surface area contributed by atoms with Gasteiger partial charge >= 0.3 is 0 Å². The molecular formula is C8H11N7O2. The maximum Gasteiger partial charge on any atom is 0.241 e. The number of aromatic nitrogens is 5. The Hall–Kier alpha value is -2.45. The van der Waals surface area contributed by atoms with Crippen LogP contribution in [-0.2, 0) is 17.8 Å². The number of nitrogens with two attached hydrogens (primary N) is 1. The summed E-state index contributed by atoms with van der Waals surface area (Å²) in [6, 6.07) is 0. The van der Waals surface area contributed by atoms with Crippen molar-refractivity contribution in [2.75, 3.05) is 12.3 Å².